The number of hydrogen-bond donors (Lipinski definition) is 2. The van der Waals surface area contributed by atoms with Crippen LogP contribution in [0.1, 0.15) is 12.8 Å². The van der Waals surface area contributed by atoms with Gasteiger partial charge in [-0.3, -0.25) is 0 Å². The number of nitrogens with two attached hydrogens (primary N) is 1. The fraction of sp³-hybridized carbons (Fsp3) is 0.400. The van der Waals surface area contributed by atoms with Crippen molar-refractivity contribution in [3.8, 4) is 0 Å². The van der Waals surface area contributed by atoms with E-state index in [4.69, 9.17) is 5.73 Å². The minimum atomic E-state index is -3.77. The summed E-state index contributed by atoms with van der Waals surface area (Å²) in [5.74, 6) is -0.773. The highest BCUT2D eigenvalue weighted by atomic mass is 79.9. The molecule has 0 aliphatic carbocycles. The smallest absolute Gasteiger partial charge is 0.243 e. The molecule has 0 fully saturated rings. The Bertz CT molecular complexity index is 479. The van der Waals surface area contributed by atoms with Crippen LogP contribution in [0, 0.1) is 5.82 Å². The maximum absolute atomic E-state index is 13.5. The third-order valence-electron chi connectivity index (χ3n) is 2.11. The highest BCUT2D eigenvalue weighted by molar-refractivity contribution is 9.10. The molecule has 0 aromatic heterocycles. The molecule has 0 atom stereocenters. The second-order valence-corrected chi connectivity index (χ2v) is 6.12. The maximum Gasteiger partial charge on any atom is 0.243 e. The minimum absolute atomic E-state index is 0.259. The van der Waals surface area contributed by atoms with Gasteiger partial charge in [0.2, 0.25) is 10.0 Å². The first-order valence-electron chi connectivity index (χ1n) is 5.12. The molecule has 4 nitrogen and oxygen atoms in total. The highest BCUT2D eigenvalue weighted by Gasteiger charge is 2.18. The standard InChI is InChI=1S/C10H14BrFN2O2S/c11-8-3-4-10(9(12)7-8)17(15,16)14-6-2-1-5-13/h3-4,7,14H,1-2,5-6,13H2. The van der Waals surface area contributed by atoms with Gasteiger partial charge in [-0.05, 0) is 37.6 Å². The molecule has 7 heteroatoms. The van der Waals surface area contributed by atoms with E-state index in [-0.39, 0.29) is 11.4 Å². The lowest BCUT2D eigenvalue weighted by Crippen LogP contribution is -2.26. The first kappa shape index (κ1) is 14.6. The van der Waals surface area contributed by atoms with Crippen LogP contribution in [0.3, 0.4) is 0 Å². The molecular formula is C10H14BrFN2O2S. The number of halogens is 2. The van der Waals surface area contributed by atoms with E-state index in [9.17, 15) is 12.8 Å². The Labute approximate surface area is 109 Å². The van der Waals surface area contributed by atoms with Gasteiger partial charge in [-0.15, -0.1) is 0 Å². The molecule has 0 aliphatic heterocycles. The van der Waals surface area contributed by atoms with Gasteiger partial charge in [0.15, 0.2) is 0 Å². The van der Waals surface area contributed by atoms with E-state index in [0.29, 0.717) is 17.4 Å². The molecule has 0 heterocycles. The Balaban J connectivity index is 2.76. The summed E-state index contributed by atoms with van der Waals surface area (Å²) in [6.07, 6.45) is 1.36. The van der Waals surface area contributed by atoms with Crippen LogP contribution in [0.2, 0.25) is 0 Å². The number of unbranched alkanes of at least 4 members (excludes halogenated alkanes) is 1. The van der Waals surface area contributed by atoms with E-state index >= 15 is 0 Å². The Morgan fingerprint density at radius 2 is 2.06 bits per heavy atom. The average Bonchev–Trinajstić information content (AvgIpc) is 2.24. The van der Waals surface area contributed by atoms with Crippen molar-refractivity contribution in [3.05, 3.63) is 28.5 Å². The van der Waals surface area contributed by atoms with Gasteiger partial charge in [-0.1, -0.05) is 15.9 Å². The van der Waals surface area contributed by atoms with Crippen molar-refractivity contribution in [2.24, 2.45) is 5.73 Å². The quantitative estimate of drug-likeness (QED) is 0.781. The van der Waals surface area contributed by atoms with E-state index in [1.165, 1.54) is 12.1 Å². The van der Waals surface area contributed by atoms with Gasteiger partial charge in [-0.25, -0.2) is 17.5 Å². The van der Waals surface area contributed by atoms with Crippen LogP contribution in [-0.4, -0.2) is 21.5 Å². The van der Waals surface area contributed by atoms with Gasteiger partial charge >= 0.3 is 0 Å². The maximum atomic E-state index is 13.5. The molecule has 1 aromatic carbocycles. The van der Waals surface area contributed by atoms with Crippen molar-refractivity contribution in [1.82, 2.24) is 4.72 Å². The van der Waals surface area contributed by atoms with Gasteiger partial charge in [0, 0.05) is 11.0 Å². The molecule has 0 radical (unpaired) electrons. The first-order chi connectivity index (χ1) is 7.97. The van der Waals surface area contributed by atoms with E-state index < -0.39 is 15.8 Å². The fourth-order valence-corrected chi connectivity index (χ4v) is 2.71. The van der Waals surface area contributed by atoms with Crippen LogP contribution in [-0.2, 0) is 10.0 Å². The first-order valence-corrected chi connectivity index (χ1v) is 7.40. The summed E-state index contributed by atoms with van der Waals surface area (Å²) in [6, 6.07) is 3.83. The van der Waals surface area contributed by atoms with Crippen molar-refractivity contribution in [2.75, 3.05) is 13.1 Å². The van der Waals surface area contributed by atoms with Crippen LogP contribution in [0.25, 0.3) is 0 Å². The Kier molecular flexibility index (Phi) is 5.51. The summed E-state index contributed by atoms with van der Waals surface area (Å²) in [5, 5.41) is 0. The number of rotatable bonds is 6. The average molecular weight is 325 g/mol. The SMILES string of the molecule is NCCCCNS(=O)(=O)c1ccc(Br)cc1F. The molecular weight excluding hydrogens is 311 g/mol. The summed E-state index contributed by atoms with van der Waals surface area (Å²) in [4.78, 5) is -0.339. The summed E-state index contributed by atoms with van der Waals surface area (Å²) in [7, 11) is -3.77. The van der Waals surface area contributed by atoms with Crippen molar-refractivity contribution in [1.29, 1.82) is 0 Å². The monoisotopic (exact) mass is 324 g/mol. The third kappa shape index (κ3) is 4.34. The number of benzene rings is 1. The summed E-state index contributed by atoms with van der Waals surface area (Å²) < 4.78 is 39.7. The van der Waals surface area contributed by atoms with E-state index in [2.05, 4.69) is 20.7 Å². The van der Waals surface area contributed by atoms with E-state index in [0.717, 1.165) is 12.5 Å². The van der Waals surface area contributed by atoms with E-state index in [1.807, 2.05) is 0 Å². The van der Waals surface area contributed by atoms with Crippen LogP contribution in [0.4, 0.5) is 4.39 Å². The van der Waals surface area contributed by atoms with Crippen LogP contribution < -0.4 is 10.5 Å². The van der Waals surface area contributed by atoms with Gasteiger partial charge in [0.05, 0.1) is 0 Å². The van der Waals surface area contributed by atoms with Crippen LogP contribution in [0.5, 0.6) is 0 Å². The lowest BCUT2D eigenvalue weighted by molar-refractivity contribution is 0.554. The zero-order valence-corrected chi connectivity index (χ0v) is 11.5. The molecule has 3 N–H and O–H groups in total. The molecule has 96 valence electrons. The van der Waals surface area contributed by atoms with Gasteiger partial charge < -0.3 is 5.73 Å². The number of hydrogen-bond acceptors (Lipinski definition) is 3. The summed E-state index contributed by atoms with van der Waals surface area (Å²) in [6.45, 7) is 0.767. The second kappa shape index (κ2) is 6.44. The van der Waals surface area contributed by atoms with Crippen molar-refractivity contribution in [3.63, 3.8) is 0 Å². The summed E-state index contributed by atoms with van der Waals surface area (Å²) in [5.41, 5.74) is 5.29. The normalized spacial score (nSPS) is 11.7. The molecule has 0 unspecified atom stereocenters. The van der Waals surface area contributed by atoms with E-state index in [1.54, 1.807) is 0 Å². The summed E-state index contributed by atoms with van der Waals surface area (Å²) >= 11 is 3.07. The van der Waals surface area contributed by atoms with Gasteiger partial charge in [0.25, 0.3) is 0 Å². The Hall–Kier alpha value is -0.500. The molecule has 0 amide bonds. The third-order valence-corrected chi connectivity index (χ3v) is 4.09. The fourth-order valence-electron chi connectivity index (χ4n) is 1.25. The molecule has 1 aromatic rings. The molecule has 0 bridgehead atoms. The zero-order chi connectivity index (χ0) is 12.9. The molecule has 0 saturated carbocycles. The predicted octanol–water partition coefficient (Wildman–Crippen LogP) is 1.61. The molecule has 17 heavy (non-hydrogen) atoms. The topological polar surface area (TPSA) is 72.2 Å². The molecule has 0 saturated heterocycles. The lowest BCUT2D eigenvalue weighted by atomic mass is 10.3. The second-order valence-electron chi connectivity index (χ2n) is 3.47. The van der Waals surface area contributed by atoms with Crippen molar-refractivity contribution < 1.29 is 12.8 Å². The molecule has 1 rings (SSSR count). The van der Waals surface area contributed by atoms with Crippen molar-refractivity contribution in [2.45, 2.75) is 17.7 Å². The van der Waals surface area contributed by atoms with Gasteiger partial charge in [-0.2, -0.15) is 0 Å². The van der Waals surface area contributed by atoms with Crippen LogP contribution >= 0.6 is 15.9 Å². The van der Waals surface area contributed by atoms with Crippen molar-refractivity contribution >= 4 is 26.0 Å². The van der Waals surface area contributed by atoms with Gasteiger partial charge in [0.1, 0.15) is 10.7 Å². The molecule has 0 aliphatic rings. The number of sulfonamides is 1. The predicted molar refractivity (Wildman–Crippen MR) is 67.6 cm³/mol. The highest BCUT2D eigenvalue weighted by Crippen LogP contribution is 2.19. The number of nitrogens with one attached hydrogen (secondary N) is 1. The minimum Gasteiger partial charge on any atom is -0.330 e. The lowest BCUT2D eigenvalue weighted by Gasteiger charge is -2.07. The molecule has 0 spiro atoms. The largest absolute Gasteiger partial charge is 0.330 e. The van der Waals surface area contributed by atoms with Crippen LogP contribution in [0.15, 0.2) is 27.6 Å². The zero-order valence-electron chi connectivity index (χ0n) is 9.12. The Morgan fingerprint density at radius 3 is 2.65 bits per heavy atom. The Morgan fingerprint density at radius 1 is 1.35 bits per heavy atom.